The van der Waals surface area contributed by atoms with E-state index in [0.29, 0.717) is 6.08 Å². The van der Waals surface area contributed by atoms with Crippen LogP contribution in [0.3, 0.4) is 0 Å². The average molecular weight is 237 g/mol. The molecule has 0 fully saturated rings. The van der Waals surface area contributed by atoms with Gasteiger partial charge in [-0.1, -0.05) is 38.7 Å². The van der Waals surface area contributed by atoms with Crippen molar-refractivity contribution in [3.63, 3.8) is 0 Å². The molecule has 0 aromatic rings. The summed E-state index contributed by atoms with van der Waals surface area (Å²) in [5.41, 5.74) is 0. The van der Waals surface area contributed by atoms with Crippen LogP contribution in [0.5, 0.6) is 0 Å². The SMILES string of the molecule is CCCCCCC(/C=C/C(F)(F)F)N(C)C. The molecule has 0 saturated heterocycles. The van der Waals surface area contributed by atoms with Crippen molar-refractivity contribution in [3.05, 3.63) is 12.2 Å². The van der Waals surface area contributed by atoms with E-state index in [9.17, 15) is 13.2 Å². The molecule has 0 aromatic heterocycles. The molecule has 0 N–H and O–H groups in total. The average Bonchev–Trinajstić information content (AvgIpc) is 2.14. The second-order valence-corrected chi connectivity index (χ2v) is 4.28. The van der Waals surface area contributed by atoms with E-state index < -0.39 is 6.18 Å². The number of hydrogen-bond acceptors (Lipinski definition) is 1. The minimum atomic E-state index is -4.20. The first-order chi connectivity index (χ1) is 7.37. The van der Waals surface area contributed by atoms with Gasteiger partial charge < -0.3 is 4.90 Å². The van der Waals surface area contributed by atoms with Gasteiger partial charge in [-0.25, -0.2) is 0 Å². The van der Waals surface area contributed by atoms with Gasteiger partial charge in [-0.15, -0.1) is 0 Å². The van der Waals surface area contributed by atoms with Crippen LogP contribution in [0.25, 0.3) is 0 Å². The molecular weight excluding hydrogens is 215 g/mol. The Morgan fingerprint density at radius 3 is 2.19 bits per heavy atom. The molecular formula is C12H22F3N. The molecule has 0 aromatic carbocycles. The maximum atomic E-state index is 12.0. The smallest absolute Gasteiger partial charge is 0.303 e. The largest absolute Gasteiger partial charge is 0.409 e. The fourth-order valence-corrected chi connectivity index (χ4v) is 1.53. The highest BCUT2D eigenvalue weighted by Gasteiger charge is 2.23. The van der Waals surface area contributed by atoms with Gasteiger partial charge in [-0.3, -0.25) is 0 Å². The predicted molar refractivity (Wildman–Crippen MR) is 61.4 cm³/mol. The summed E-state index contributed by atoms with van der Waals surface area (Å²) in [6, 6.07) is -0.113. The zero-order chi connectivity index (χ0) is 12.6. The van der Waals surface area contributed by atoms with Gasteiger partial charge in [-0.2, -0.15) is 13.2 Å². The van der Waals surface area contributed by atoms with Crippen LogP contribution in [0, 0.1) is 0 Å². The molecule has 0 bridgehead atoms. The summed E-state index contributed by atoms with van der Waals surface area (Å²) in [6.45, 7) is 2.12. The number of halogens is 3. The number of hydrogen-bond donors (Lipinski definition) is 0. The standard InChI is InChI=1S/C12H22F3N/c1-4-5-6-7-8-11(16(2)3)9-10-12(13,14)15/h9-11H,4-8H2,1-3H3/b10-9+. The molecule has 0 aliphatic heterocycles. The Bertz CT molecular complexity index is 197. The zero-order valence-corrected chi connectivity index (χ0v) is 10.3. The summed E-state index contributed by atoms with van der Waals surface area (Å²) in [6.07, 6.45) is 2.58. The van der Waals surface area contributed by atoms with Gasteiger partial charge in [0.15, 0.2) is 0 Å². The summed E-state index contributed by atoms with van der Waals surface area (Å²) in [4.78, 5) is 1.83. The zero-order valence-electron chi connectivity index (χ0n) is 10.3. The number of alkyl halides is 3. The number of nitrogens with zero attached hydrogens (tertiary/aromatic N) is 1. The number of rotatable bonds is 7. The fourth-order valence-electron chi connectivity index (χ4n) is 1.53. The van der Waals surface area contributed by atoms with Gasteiger partial charge in [0.25, 0.3) is 0 Å². The van der Waals surface area contributed by atoms with Crippen molar-refractivity contribution in [3.8, 4) is 0 Å². The maximum Gasteiger partial charge on any atom is 0.409 e. The molecule has 1 nitrogen and oxygen atoms in total. The van der Waals surface area contributed by atoms with Gasteiger partial charge in [0, 0.05) is 12.1 Å². The van der Waals surface area contributed by atoms with E-state index in [1.807, 2.05) is 19.0 Å². The summed E-state index contributed by atoms with van der Waals surface area (Å²) >= 11 is 0. The van der Waals surface area contributed by atoms with E-state index in [4.69, 9.17) is 0 Å². The lowest BCUT2D eigenvalue weighted by atomic mass is 10.1. The van der Waals surface area contributed by atoms with E-state index in [1.165, 1.54) is 6.08 Å². The highest BCUT2D eigenvalue weighted by molar-refractivity contribution is 4.97. The maximum absolute atomic E-state index is 12.0. The third kappa shape index (κ3) is 8.77. The quantitative estimate of drug-likeness (QED) is 0.478. The highest BCUT2D eigenvalue weighted by atomic mass is 19.4. The van der Waals surface area contributed by atoms with Gasteiger partial charge in [-0.05, 0) is 20.5 Å². The third-order valence-electron chi connectivity index (χ3n) is 2.52. The van der Waals surface area contributed by atoms with Crippen LogP contribution >= 0.6 is 0 Å². The molecule has 0 spiro atoms. The number of allylic oxidation sites excluding steroid dienone is 1. The summed E-state index contributed by atoms with van der Waals surface area (Å²) in [5.74, 6) is 0. The third-order valence-corrected chi connectivity index (χ3v) is 2.52. The number of likely N-dealkylation sites (N-methyl/N-ethyl adjacent to an activating group) is 1. The first kappa shape index (κ1) is 15.5. The van der Waals surface area contributed by atoms with Crippen molar-refractivity contribution in [2.45, 2.75) is 51.2 Å². The van der Waals surface area contributed by atoms with E-state index in [1.54, 1.807) is 0 Å². The van der Waals surface area contributed by atoms with Gasteiger partial charge in [0.05, 0.1) is 0 Å². The van der Waals surface area contributed by atoms with Crippen LogP contribution in [0.2, 0.25) is 0 Å². The second-order valence-electron chi connectivity index (χ2n) is 4.28. The van der Waals surface area contributed by atoms with E-state index >= 15 is 0 Å². The molecule has 0 saturated carbocycles. The van der Waals surface area contributed by atoms with Crippen LogP contribution in [0.4, 0.5) is 13.2 Å². The van der Waals surface area contributed by atoms with Crippen molar-refractivity contribution in [2.24, 2.45) is 0 Å². The molecule has 1 unspecified atom stereocenters. The van der Waals surface area contributed by atoms with Gasteiger partial charge in [0.1, 0.15) is 0 Å². The van der Waals surface area contributed by atoms with Crippen molar-refractivity contribution >= 4 is 0 Å². The monoisotopic (exact) mass is 237 g/mol. The van der Waals surface area contributed by atoms with Crippen molar-refractivity contribution in [2.75, 3.05) is 14.1 Å². The van der Waals surface area contributed by atoms with E-state index in [-0.39, 0.29) is 6.04 Å². The molecule has 4 heteroatoms. The van der Waals surface area contributed by atoms with Crippen molar-refractivity contribution in [1.29, 1.82) is 0 Å². The lowest BCUT2D eigenvalue weighted by Gasteiger charge is -2.21. The Hall–Kier alpha value is -0.510. The van der Waals surface area contributed by atoms with Crippen LogP contribution in [-0.4, -0.2) is 31.2 Å². The predicted octanol–water partition coefficient (Wildman–Crippen LogP) is 4.01. The molecule has 1 atom stereocenters. The van der Waals surface area contributed by atoms with Gasteiger partial charge >= 0.3 is 6.18 Å². The molecule has 16 heavy (non-hydrogen) atoms. The molecule has 0 rings (SSSR count). The fraction of sp³-hybridized carbons (Fsp3) is 0.833. The minimum Gasteiger partial charge on any atom is -0.303 e. The molecule has 0 aliphatic carbocycles. The first-order valence-electron chi connectivity index (χ1n) is 5.79. The molecule has 96 valence electrons. The minimum absolute atomic E-state index is 0.113. The van der Waals surface area contributed by atoms with E-state index in [2.05, 4.69) is 6.92 Å². The lowest BCUT2D eigenvalue weighted by Crippen LogP contribution is -2.26. The second kappa shape index (κ2) is 7.71. The topological polar surface area (TPSA) is 3.24 Å². The highest BCUT2D eigenvalue weighted by Crippen LogP contribution is 2.18. The molecule has 0 amide bonds. The summed E-state index contributed by atoms with van der Waals surface area (Å²) in [7, 11) is 3.62. The Morgan fingerprint density at radius 2 is 1.75 bits per heavy atom. The molecule has 0 heterocycles. The van der Waals surface area contributed by atoms with Crippen LogP contribution in [0.1, 0.15) is 39.0 Å². The first-order valence-corrected chi connectivity index (χ1v) is 5.79. The number of unbranched alkanes of at least 4 members (excludes halogenated alkanes) is 3. The van der Waals surface area contributed by atoms with Crippen LogP contribution in [-0.2, 0) is 0 Å². The van der Waals surface area contributed by atoms with Crippen LogP contribution < -0.4 is 0 Å². The normalized spacial score (nSPS) is 14.9. The summed E-state index contributed by atoms with van der Waals surface area (Å²) < 4.78 is 36.1. The Morgan fingerprint density at radius 1 is 1.12 bits per heavy atom. The summed E-state index contributed by atoms with van der Waals surface area (Å²) in [5, 5.41) is 0. The Kier molecular flexibility index (Phi) is 7.47. The molecule has 0 aliphatic rings. The van der Waals surface area contributed by atoms with Crippen LogP contribution in [0.15, 0.2) is 12.2 Å². The lowest BCUT2D eigenvalue weighted by molar-refractivity contribution is -0.0803. The van der Waals surface area contributed by atoms with Gasteiger partial charge in [0.2, 0.25) is 0 Å². The Balaban J connectivity index is 4.03. The Labute approximate surface area is 96.3 Å². The van der Waals surface area contributed by atoms with E-state index in [0.717, 1.165) is 32.1 Å². The van der Waals surface area contributed by atoms with Crippen molar-refractivity contribution in [1.82, 2.24) is 4.90 Å². The molecule has 0 radical (unpaired) electrons. The van der Waals surface area contributed by atoms with Crippen molar-refractivity contribution < 1.29 is 13.2 Å².